The lowest BCUT2D eigenvalue weighted by atomic mass is 9.99. The van der Waals surface area contributed by atoms with Gasteiger partial charge in [0.1, 0.15) is 24.1 Å². The third-order valence-corrected chi connectivity index (χ3v) is 16.4. The third kappa shape index (κ3) is 24.3. The van der Waals surface area contributed by atoms with Gasteiger partial charge in [-0.2, -0.15) is 10.2 Å². The highest BCUT2D eigenvalue weighted by molar-refractivity contribution is 7.14. The number of aryl methyl sites for hydroxylation is 2. The van der Waals surface area contributed by atoms with Crippen molar-refractivity contribution >= 4 is 69.4 Å². The number of likely N-dealkylation sites (N-methyl/N-ethyl adjacent to an activating group) is 2. The first-order chi connectivity index (χ1) is 43.0. The number of ether oxygens (including phenoxy) is 5. The molecule has 484 valence electrons. The number of hydrogen-bond donors (Lipinski definition) is 4. The number of hydrogen-bond acceptors (Lipinski definition) is 17. The Morgan fingerprint density at radius 2 is 1.53 bits per heavy atom. The molecule has 1 saturated heterocycles. The Morgan fingerprint density at radius 1 is 0.843 bits per heavy atom. The summed E-state index contributed by atoms with van der Waals surface area (Å²) in [5.74, 6) is 2.97. The number of halogens is 3. The molecular formula is C63H86ClF2N13O9S. The van der Waals surface area contributed by atoms with Crippen LogP contribution in [0.25, 0.3) is 0 Å². The van der Waals surface area contributed by atoms with Gasteiger partial charge in [0.25, 0.3) is 0 Å². The second-order valence-electron chi connectivity index (χ2n) is 22.3. The van der Waals surface area contributed by atoms with E-state index in [9.17, 15) is 28.0 Å². The van der Waals surface area contributed by atoms with E-state index in [1.165, 1.54) is 16.2 Å². The Balaban J connectivity index is 0.682. The molecule has 0 bridgehead atoms. The highest BCUT2D eigenvalue weighted by Crippen LogP contribution is 2.40. The number of carbonyl (C=O) groups is 4. The second kappa shape index (κ2) is 36.5. The number of aliphatic imine (C=N–C) groups is 1. The number of amides is 5. The maximum Gasteiger partial charge on any atom is 0.325 e. The summed E-state index contributed by atoms with van der Waals surface area (Å²) in [5, 5.41) is 19.4. The molecule has 26 heteroatoms. The summed E-state index contributed by atoms with van der Waals surface area (Å²) in [6.45, 7) is 10.8. The van der Waals surface area contributed by atoms with Gasteiger partial charge in [-0.3, -0.25) is 29.4 Å². The molecule has 5 aromatic rings. The monoisotopic (exact) mass is 1270 g/mol. The quantitative estimate of drug-likeness (QED) is 0.0127. The molecule has 22 nitrogen and oxygen atoms in total. The van der Waals surface area contributed by atoms with Crippen LogP contribution in [0.15, 0.2) is 94.5 Å². The Hall–Kier alpha value is -7.13. The van der Waals surface area contributed by atoms with E-state index in [4.69, 9.17) is 41.1 Å². The molecule has 0 spiro atoms. The summed E-state index contributed by atoms with van der Waals surface area (Å²) in [5.41, 5.74) is 4.79. The topological polar surface area (TPSA) is 245 Å². The van der Waals surface area contributed by atoms with Gasteiger partial charge >= 0.3 is 6.03 Å². The maximum absolute atomic E-state index is 14.5. The molecule has 2 aromatic heterocycles. The van der Waals surface area contributed by atoms with Crippen LogP contribution in [0.3, 0.4) is 0 Å². The van der Waals surface area contributed by atoms with E-state index in [-0.39, 0.29) is 57.0 Å². The molecule has 89 heavy (non-hydrogen) atoms. The van der Waals surface area contributed by atoms with Gasteiger partial charge in [-0.05, 0) is 119 Å². The van der Waals surface area contributed by atoms with Crippen LogP contribution in [0.2, 0.25) is 5.02 Å². The fourth-order valence-electron chi connectivity index (χ4n) is 10.0. The zero-order valence-corrected chi connectivity index (χ0v) is 53.1. The normalized spacial score (nSPS) is 15.6. The van der Waals surface area contributed by atoms with Crippen LogP contribution < -0.4 is 31.3 Å². The number of benzene rings is 3. The van der Waals surface area contributed by atoms with Gasteiger partial charge in [0.05, 0.1) is 76.8 Å². The number of piperazine rings is 1. The number of unbranched alkanes of at least 4 members (excludes halogenated alkanes) is 1. The summed E-state index contributed by atoms with van der Waals surface area (Å²) in [7, 11) is 5.86. The Bertz CT molecular complexity index is 3040. The lowest BCUT2D eigenvalue weighted by Gasteiger charge is -2.33. The van der Waals surface area contributed by atoms with E-state index in [2.05, 4.69) is 53.0 Å². The molecule has 1 aliphatic carbocycles. The molecule has 7 rings (SSSR count). The van der Waals surface area contributed by atoms with Gasteiger partial charge in [-0.1, -0.05) is 35.9 Å². The molecule has 1 aliphatic heterocycles. The van der Waals surface area contributed by atoms with Crippen LogP contribution in [0.1, 0.15) is 79.1 Å². The average molecular weight is 1270 g/mol. The van der Waals surface area contributed by atoms with E-state index in [1.807, 2.05) is 55.3 Å². The summed E-state index contributed by atoms with van der Waals surface area (Å²) in [4.78, 5) is 70.2. The summed E-state index contributed by atoms with van der Waals surface area (Å²) < 4.78 is 59.5. The van der Waals surface area contributed by atoms with E-state index < -0.39 is 29.8 Å². The van der Waals surface area contributed by atoms with Gasteiger partial charge in [-0.15, -0.1) is 11.3 Å². The van der Waals surface area contributed by atoms with E-state index >= 15 is 0 Å². The van der Waals surface area contributed by atoms with E-state index in [0.717, 1.165) is 55.9 Å². The smallest absolute Gasteiger partial charge is 0.325 e. The number of aromatic nitrogens is 3. The Labute approximate surface area is 529 Å². The fourth-order valence-corrected chi connectivity index (χ4v) is 10.9. The van der Waals surface area contributed by atoms with Gasteiger partial charge in [0, 0.05) is 112 Å². The van der Waals surface area contributed by atoms with Crippen LogP contribution in [-0.2, 0) is 55.0 Å². The van der Waals surface area contributed by atoms with Crippen molar-refractivity contribution in [2.24, 2.45) is 28.9 Å². The van der Waals surface area contributed by atoms with E-state index in [0.29, 0.717) is 130 Å². The number of carbonyl (C=O) groups excluding carboxylic acids is 4. The number of thiazole rings is 1. The molecular weight excluding hydrogens is 1190 g/mol. The average Bonchev–Trinajstić information content (AvgIpc) is 1.93. The summed E-state index contributed by atoms with van der Waals surface area (Å²) in [6, 6.07) is 20.2. The minimum absolute atomic E-state index is 0.0233. The SMILES string of the molecule is Cc1c(C(C(=O)NCc2ccc(Cl)cc2)N(CC2CCC(F)(F)C2)C(=O)CCc2ccc(OCCCCN(C)CCOCCOCC/C(C=NCCOCCOc3ccc(NC(=O)Nc4nc(CC(=O)N5CCN(C)CC5)cs4)cc3)=N/N)cc2)cnn1C. The van der Waals surface area contributed by atoms with Crippen molar-refractivity contribution in [2.45, 2.75) is 83.2 Å². The lowest BCUT2D eigenvalue weighted by molar-refractivity contribution is -0.141. The first kappa shape index (κ1) is 69.3. The number of urea groups is 1. The first-order valence-electron chi connectivity index (χ1n) is 30.3. The number of rotatable bonds is 37. The van der Waals surface area contributed by atoms with Crippen molar-refractivity contribution in [3.05, 3.63) is 117 Å². The number of alkyl halides is 2. The highest BCUT2D eigenvalue weighted by Gasteiger charge is 2.43. The zero-order valence-electron chi connectivity index (χ0n) is 51.5. The fraction of sp³-hybridized carbons (Fsp3) is 0.524. The van der Waals surface area contributed by atoms with Gasteiger partial charge in [0.15, 0.2) is 5.13 Å². The zero-order chi connectivity index (χ0) is 63.4. The van der Waals surface area contributed by atoms with Crippen molar-refractivity contribution in [1.29, 1.82) is 0 Å². The molecule has 3 heterocycles. The molecule has 2 aliphatic rings. The standard InChI is InChI=1S/C63H86ClF2N13O9S/c1-46-56(43-70-77(46)4)59(60(82)69-41-48-7-12-50(64)13-8-48)79(44-49-21-23-63(65,66)40-49)57(80)20-11-47-9-16-54(17-10-47)87-31-6-5-25-75(2)30-34-86-36-35-84-32-22-52(74-67)42-68-24-33-85-37-38-88-55-18-14-51(15-19-55)71-61(83)73-62-72-53(45-89-62)39-58(81)78-28-26-76(3)27-29-78/h7-10,12-19,42-43,45,49,59H,5-6,11,20-41,44,67H2,1-4H3,(H,69,82)(H2,71,72,73,83)/b68-42?,74-52-. The van der Waals surface area contributed by atoms with Crippen LogP contribution in [0.5, 0.6) is 11.5 Å². The molecule has 2 atom stereocenters. The van der Waals surface area contributed by atoms with Crippen LogP contribution in [0.4, 0.5) is 24.4 Å². The first-order valence-corrected chi connectivity index (χ1v) is 31.6. The molecule has 2 fully saturated rings. The number of anilines is 2. The molecule has 0 radical (unpaired) electrons. The van der Waals surface area contributed by atoms with Crippen molar-refractivity contribution in [1.82, 2.24) is 39.7 Å². The molecule has 5 amide bonds. The van der Waals surface area contributed by atoms with Crippen molar-refractivity contribution in [3.63, 3.8) is 0 Å². The van der Waals surface area contributed by atoms with Crippen LogP contribution in [-0.4, -0.2) is 195 Å². The number of nitrogens with zero attached hydrogens (tertiary/aromatic N) is 9. The number of nitrogens with one attached hydrogen (secondary N) is 3. The van der Waals surface area contributed by atoms with Gasteiger partial charge in [-0.25, -0.2) is 18.6 Å². The molecule has 5 N–H and O–H groups in total. The largest absolute Gasteiger partial charge is 0.494 e. The van der Waals surface area contributed by atoms with E-state index in [1.54, 1.807) is 65.9 Å². The second-order valence-corrected chi connectivity index (χ2v) is 23.6. The molecule has 1 saturated carbocycles. The van der Waals surface area contributed by atoms with Crippen LogP contribution >= 0.6 is 22.9 Å². The number of nitrogens with two attached hydrogens (primary N) is 1. The summed E-state index contributed by atoms with van der Waals surface area (Å²) in [6.07, 6.45) is 5.84. The predicted molar refractivity (Wildman–Crippen MR) is 342 cm³/mol. The molecule has 3 aromatic carbocycles. The third-order valence-electron chi connectivity index (χ3n) is 15.4. The lowest BCUT2D eigenvalue weighted by Crippen LogP contribution is -2.47. The maximum atomic E-state index is 14.5. The highest BCUT2D eigenvalue weighted by atomic mass is 35.5. The predicted octanol–water partition coefficient (Wildman–Crippen LogP) is 8.05. The van der Waals surface area contributed by atoms with Crippen molar-refractivity contribution in [3.8, 4) is 11.5 Å². The van der Waals surface area contributed by atoms with Crippen molar-refractivity contribution < 1.29 is 51.6 Å². The summed E-state index contributed by atoms with van der Waals surface area (Å²) >= 11 is 7.35. The number of hydrazone groups is 1. The Morgan fingerprint density at radius 3 is 2.22 bits per heavy atom. The molecule has 2 unspecified atom stereocenters. The van der Waals surface area contributed by atoms with Gasteiger partial charge < -0.3 is 59.8 Å². The van der Waals surface area contributed by atoms with Gasteiger partial charge in [0.2, 0.25) is 23.6 Å². The Kier molecular flexibility index (Phi) is 28.4. The minimum atomic E-state index is -2.81. The minimum Gasteiger partial charge on any atom is -0.494 e. The van der Waals surface area contributed by atoms with Crippen LogP contribution in [0, 0.1) is 12.8 Å². The van der Waals surface area contributed by atoms with Crippen molar-refractivity contribution in [2.75, 3.05) is 130 Å².